The zero-order chi connectivity index (χ0) is 10.4. The first-order valence-corrected chi connectivity index (χ1v) is 4.83. The highest BCUT2D eigenvalue weighted by Gasteiger charge is 2.12. The van der Waals surface area contributed by atoms with Crippen LogP contribution in [0, 0.1) is 17.2 Å². The number of nitrogens with zero attached hydrogens (tertiary/aromatic N) is 1. The van der Waals surface area contributed by atoms with Gasteiger partial charge in [-0.05, 0) is 17.9 Å². The lowest BCUT2D eigenvalue weighted by molar-refractivity contribution is 0.245. The van der Waals surface area contributed by atoms with Crippen molar-refractivity contribution < 1.29 is 5.11 Å². The summed E-state index contributed by atoms with van der Waals surface area (Å²) in [6.07, 6.45) is 0.719. The molecule has 2 atom stereocenters. The van der Waals surface area contributed by atoms with Gasteiger partial charge in [0.15, 0.2) is 0 Å². The van der Waals surface area contributed by atoms with Crippen molar-refractivity contribution in [2.75, 3.05) is 6.61 Å². The first-order valence-electron chi connectivity index (χ1n) is 4.83. The maximum absolute atomic E-state index is 8.90. The second kappa shape index (κ2) is 5.41. The van der Waals surface area contributed by atoms with Crippen LogP contribution in [0.15, 0.2) is 30.3 Å². The molecule has 1 aromatic carbocycles. The van der Waals surface area contributed by atoms with E-state index in [9.17, 15) is 0 Å². The zero-order valence-electron chi connectivity index (χ0n) is 8.35. The fourth-order valence-corrected chi connectivity index (χ4v) is 1.51. The van der Waals surface area contributed by atoms with E-state index in [4.69, 9.17) is 10.4 Å². The van der Waals surface area contributed by atoms with Crippen LogP contribution in [0.25, 0.3) is 0 Å². The Hall–Kier alpha value is -1.33. The summed E-state index contributed by atoms with van der Waals surface area (Å²) in [6.45, 7) is 2.03. The molecule has 0 radical (unpaired) electrons. The maximum Gasteiger partial charge on any atom is 0.0700 e. The zero-order valence-corrected chi connectivity index (χ0v) is 8.35. The van der Waals surface area contributed by atoms with Gasteiger partial charge < -0.3 is 5.11 Å². The van der Waals surface area contributed by atoms with Crippen molar-refractivity contribution in [2.45, 2.75) is 19.3 Å². The van der Waals surface area contributed by atoms with Crippen molar-refractivity contribution in [1.82, 2.24) is 0 Å². The van der Waals surface area contributed by atoms with E-state index >= 15 is 0 Å². The fraction of sp³-hybridized carbons (Fsp3) is 0.417. The van der Waals surface area contributed by atoms with Gasteiger partial charge in [-0.15, -0.1) is 0 Å². The van der Waals surface area contributed by atoms with E-state index in [2.05, 4.69) is 25.1 Å². The van der Waals surface area contributed by atoms with E-state index in [1.807, 2.05) is 18.2 Å². The van der Waals surface area contributed by atoms with Crippen molar-refractivity contribution in [3.63, 3.8) is 0 Å². The van der Waals surface area contributed by atoms with E-state index in [0.717, 1.165) is 6.42 Å². The Balaban J connectivity index is 2.59. The highest BCUT2D eigenvalue weighted by atomic mass is 16.3. The summed E-state index contributed by atoms with van der Waals surface area (Å²) in [4.78, 5) is 0. The fourth-order valence-electron chi connectivity index (χ4n) is 1.51. The molecule has 0 bridgehead atoms. The number of benzene rings is 1. The third-order valence-corrected chi connectivity index (χ3v) is 2.41. The number of nitriles is 1. The van der Waals surface area contributed by atoms with Crippen molar-refractivity contribution in [1.29, 1.82) is 5.26 Å². The van der Waals surface area contributed by atoms with Gasteiger partial charge in [0.05, 0.1) is 18.6 Å². The highest BCUT2D eigenvalue weighted by molar-refractivity contribution is 5.19. The molecular formula is C12H15NO. The van der Waals surface area contributed by atoms with Gasteiger partial charge in [-0.2, -0.15) is 5.26 Å². The van der Waals surface area contributed by atoms with Gasteiger partial charge in [0.1, 0.15) is 0 Å². The molecule has 1 aromatic rings. The molecule has 1 N–H and O–H groups in total. The Labute approximate surface area is 84.8 Å². The topological polar surface area (TPSA) is 44.0 Å². The normalized spacial score (nSPS) is 14.4. The first kappa shape index (κ1) is 10.7. The molecule has 2 heteroatoms. The molecule has 0 aliphatic carbocycles. The lowest BCUT2D eigenvalue weighted by Crippen LogP contribution is -2.07. The maximum atomic E-state index is 8.90. The molecule has 0 aromatic heterocycles. The standard InChI is InChI=1S/C12H15NO/c1-10(7-11(8-13)9-14)12-5-3-2-4-6-12/h2-6,10-11,14H,7,9H2,1H3. The van der Waals surface area contributed by atoms with Crippen LogP contribution in [-0.2, 0) is 0 Å². The van der Waals surface area contributed by atoms with Crippen LogP contribution in [-0.4, -0.2) is 11.7 Å². The summed E-state index contributed by atoms with van der Waals surface area (Å²) in [5, 5.41) is 17.6. The van der Waals surface area contributed by atoms with E-state index in [-0.39, 0.29) is 12.5 Å². The molecular weight excluding hydrogens is 174 g/mol. The van der Waals surface area contributed by atoms with Crippen LogP contribution in [0.1, 0.15) is 24.8 Å². The Morgan fingerprint density at radius 1 is 1.36 bits per heavy atom. The number of hydrogen-bond donors (Lipinski definition) is 1. The van der Waals surface area contributed by atoms with Crippen LogP contribution in [0.4, 0.5) is 0 Å². The number of rotatable bonds is 4. The van der Waals surface area contributed by atoms with Crippen molar-refractivity contribution in [3.8, 4) is 6.07 Å². The predicted molar refractivity (Wildman–Crippen MR) is 55.7 cm³/mol. The number of aliphatic hydroxyl groups excluding tert-OH is 1. The molecule has 1 rings (SSSR count). The summed E-state index contributed by atoms with van der Waals surface area (Å²) in [7, 11) is 0. The summed E-state index contributed by atoms with van der Waals surface area (Å²) < 4.78 is 0. The number of aliphatic hydroxyl groups is 1. The summed E-state index contributed by atoms with van der Waals surface area (Å²) in [5.74, 6) is 0.0817. The van der Waals surface area contributed by atoms with Gasteiger partial charge in [0, 0.05) is 0 Å². The molecule has 0 aliphatic rings. The van der Waals surface area contributed by atoms with Crippen molar-refractivity contribution in [3.05, 3.63) is 35.9 Å². The van der Waals surface area contributed by atoms with Crippen LogP contribution in [0.5, 0.6) is 0 Å². The molecule has 0 saturated heterocycles. The van der Waals surface area contributed by atoms with Gasteiger partial charge >= 0.3 is 0 Å². The van der Waals surface area contributed by atoms with E-state index in [1.165, 1.54) is 5.56 Å². The Bertz CT molecular complexity index is 302. The summed E-state index contributed by atoms with van der Waals surface area (Å²) in [6, 6.07) is 12.2. The molecule has 0 amide bonds. The molecule has 0 fully saturated rings. The third kappa shape index (κ3) is 2.86. The van der Waals surface area contributed by atoms with Crippen LogP contribution in [0.2, 0.25) is 0 Å². The Morgan fingerprint density at radius 3 is 2.50 bits per heavy atom. The molecule has 0 heterocycles. The minimum Gasteiger partial charge on any atom is -0.395 e. The molecule has 74 valence electrons. The molecule has 14 heavy (non-hydrogen) atoms. The minimum atomic E-state index is -0.245. The van der Waals surface area contributed by atoms with Crippen LogP contribution in [0.3, 0.4) is 0 Å². The van der Waals surface area contributed by atoms with Gasteiger partial charge in [0.25, 0.3) is 0 Å². The van der Waals surface area contributed by atoms with E-state index < -0.39 is 0 Å². The monoisotopic (exact) mass is 189 g/mol. The molecule has 2 unspecified atom stereocenters. The van der Waals surface area contributed by atoms with Crippen molar-refractivity contribution >= 4 is 0 Å². The Morgan fingerprint density at radius 2 is 2.00 bits per heavy atom. The molecule has 0 saturated carbocycles. The van der Waals surface area contributed by atoms with Crippen molar-refractivity contribution in [2.24, 2.45) is 5.92 Å². The smallest absolute Gasteiger partial charge is 0.0700 e. The van der Waals surface area contributed by atoms with Gasteiger partial charge in [-0.1, -0.05) is 37.3 Å². The second-order valence-electron chi connectivity index (χ2n) is 3.56. The average molecular weight is 189 g/mol. The summed E-state index contributed by atoms with van der Waals surface area (Å²) in [5.41, 5.74) is 1.22. The third-order valence-electron chi connectivity index (χ3n) is 2.41. The lowest BCUT2D eigenvalue weighted by Gasteiger charge is -2.13. The molecule has 2 nitrogen and oxygen atoms in total. The van der Waals surface area contributed by atoms with E-state index in [0.29, 0.717) is 5.92 Å². The highest BCUT2D eigenvalue weighted by Crippen LogP contribution is 2.22. The van der Waals surface area contributed by atoms with Gasteiger partial charge in [-0.3, -0.25) is 0 Å². The molecule has 0 spiro atoms. The summed E-state index contributed by atoms with van der Waals surface area (Å²) >= 11 is 0. The largest absolute Gasteiger partial charge is 0.395 e. The quantitative estimate of drug-likeness (QED) is 0.789. The van der Waals surface area contributed by atoms with Crippen LogP contribution >= 0.6 is 0 Å². The van der Waals surface area contributed by atoms with Gasteiger partial charge in [0.2, 0.25) is 0 Å². The lowest BCUT2D eigenvalue weighted by atomic mass is 9.91. The SMILES string of the molecule is CC(CC(C#N)CO)c1ccccc1. The molecule has 0 aliphatic heterocycles. The minimum absolute atomic E-state index is 0.0479. The average Bonchev–Trinajstić information content (AvgIpc) is 2.26. The van der Waals surface area contributed by atoms with E-state index in [1.54, 1.807) is 0 Å². The second-order valence-corrected chi connectivity index (χ2v) is 3.56. The predicted octanol–water partition coefficient (Wildman–Crippen LogP) is 2.31. The number of hydrogen-bond acceptors (Lipinski definition) is 2. The first-order chi connectivity index (χ1) is 6.77. The van der Waals surface area contributed by atoms with Gasteiger partial charge in [-0.25, -0.2) is 0 Å². The Kier molecular flexibility index (Phi) is 4.15. The van der Waals surface area contributed by atoms with Crippen LogP contribution < -0.4 is 0 Å².